The van der Waals surface area contributed by atoms with E-state index in [1.54, 1.807) is 0 Å². The van der Waals surface area contributed by atoms with Crippen molar-refractivity contribution in [2.45, 2.75) is 25.7 Å². The summed E-state index contributed by atoms with van der Waals surface area (Å²) in [6.07, 6.45) is 4.99. The smallest absolute Gasteiger partial charge is 0.272 e. The Morgan fingerprint density at radius 1 is 1.00 bits per heavy atom. The molecule has 0 aliphatic carbocycles. The Hall–Kier alpha value is -1.84. The lowest BCUT2D eigenvalue weighted by atomic mass is 10.2. The zero-order valence-corrected chi connectivity index (χ0v) is 10.4. The first-order valence-corrected chi connectivity index (χ1v) is 6.58. The van der Waals surface area contributed by atoms with Crippen LogP contribution >= 0.6 is 0 Å². The molecule has 1 aromatic heterocycles. The second-order valence-corrected chi connectivity index (χ2v) is 4.82. The monoisotopic (exact) mass is 243 g/mol. The maximum atomic E-state index is 11.7. The zero-order chi connectivity index (χ0) is 12.4. The van der Waals surface area contributed by atoms with E-state index < -0.39 is 0 Å². The summed E-state index contributed by atoms with van der Waals surface area (Å²) in [4.78, 5) is 14.0. The molecule has 2 aromatic rings. The van der Waals surface area contributed by atoms with Gasteiger partial charge < -0.3 is 4.90 Å². The van der Waals surface area contributed by atoms with Crippen molar-refractivity contribution >= 4 is 16.6 Å². The number of hydrogen-bond donors (Lipinski definition) is 1. The lowest BCUT2D eigenvalue weighted by Crippen LogP contribution is -2.27. The van der Waals surface area contributed by atoms with Crippen LogP contribution in [0.4, 0.5) is 5.82 Å². The number of hydrogen-bond acceptors (Lipinski definition) is 3. The molecule has 0 bridgehead atoms. The largest absolute Gasteiger partial charge is 0.355 e. The summed E-state index contributed by atoms with van der Waals surface area (Å²) in [7, 11) is 0. The van der Waals surface area contributed by atoms with Crippen LogP contribution in [-0.2, 0) is 0 Å². The van der Waals surface area contributed by atoms with E-state index in [0.717, 1.165) is 29.7 Å². The Labute approximate surface area is 106 Å². The summed E-state index contributed by atoms with van der Waals surface area (Å²) in [5.74, 6) is 0.923. The molecule has 0 saturated carbocycles. The van der Waals surface area contributed by atoms with Crippen LogP contribution < -0.4 is 10.5 Å². The van der Waals surface area contributed by atoms with Crippen LogP contribution in [0, 0.1) is 0 Å². The first kappa shape index (κ1) is 11.3. The van der Waals surface area contributed by atoms with Gasteiger partial charge in [-0.25, -0.2) is 5.10 Å². The number of aromatic nitrogens is 2. The van der Waals surface area contributed by atoms with Crippen LogP contribution in [0.15, 0.2) is 29.1 Å². The van der Waals surface area contributed by atoms with Gasteiger partial charge in [0.25, 0.3) is 5.56 Å². The number of aromatic amines is 1. The van der Waals surface area contributed by atoms with Crippen LogP contribution in [0.3, 0.4) is 0 Å². The third kappa shape index (κ3) is 1.98. The van der Waals surface area contributed by atoms with Crippen LogP contribution in [0.2, 0.25) is 0 Å². The molecule has 1 fully saturated rings. The number of fused-ring (bicyclic) bond motifs is 1. The van der Waals surface area contributed by atoms with Gasteiger partial charge >= 0.3 is 0 Å². The summed E-state index contributed by atoms with van der Waals surface area (Å²) < 4.78 is 0. The average Bonchev–Trinajstić information content (AvgIpc) is 2.68. The number of H-pyrrole nitrogens is 1. The van der Waals surface area contributed by atoms with Gasteiger partial charge in [0.15, 0.2) is 5.82 Å². The number of rotatable bonds is 1. The maximum Gasteiger partial charge on any atom is 0.272 e. The molecule has 0 atom stereocenters. The van der Waals surface area contributed by atoms with Gasteiger partial charge in [0.05, 0.1) is 5.39 Å². The number of nitrogens with one attached hydrogen (secondary N) is 1. The maximum absolute atomic E-state index is 11.7. The molecule has 94 valence electrons. The van der Waals surface area contributed by atoms with Crippen molar-refractivity contribution in [3.8, 4) is 0 Å². The first-order chi connectivity index (χ1) is 8.86. The van der Waals surface area contributed by atoms with Gasteiger partial charge in [-0.05, 0) is 18.9 Å². The lowest BCUT2D eigenvalue weighted by molar-refractivity contribution is 0.726. The Morgan fingerprint density at radius 2 is 1.67 bits per heavy atom. The van der Waals surface area contributed by atoms with E-state index in [1.807, 2.05) is 24.3 Å². The van der Waals surface area contributed by atoms with Gasteiger partial charge in [0, 0.05) is 18.5 Å². The molecule has 0 radical (unpaired) electrons. The molecule has 1 aliphatic rings. The predicted octanol–water partition coefficient (Wildman–Crippen LogP) is 2.30. The van der Waals surface area contributed by atoms with Crippen molar-refractivity contribution in [1.29, 1.82) is 0 Å². The summed E-state index contributed by atoms with van der Waals surface area (Å²) in [5.41, 5.74) is -0.107. The highest BCUT2D eigenvalue weighted by Gasteiger charge is 2.15. The second kappa shape index (κ2) is 4.80. The van der Waals surface area contributed by atoms with E-state index in [9.17, 15) is 4.79 Å². The molecule has 0 spiro atoms. The van der Waals surface area contributed by atoms with Gasteiger partial charge in [-0.3, -0.25) is 4.79 Å². The number of benzene rings is 1. The molecule has 3 rings (SSSR count). The fourth-order valence-corrected chi connectivity index (χ4v) is 2.62. The lowest BCUT2D eigenvalue weighted by Gasteiger charge is -2.22. The zero-order valence-electron chi connectivity index (χ0n) is 10.4. The van der Waals surface area contributed by atoms with E-state index in [-0.39, 0.29) is 5.56 Å². The third-order valence-corrected chi connectivity index (χ3v) is 3.58. The van der Waals surface area contributed by atoms with Gasteiger partial charge in [-0.2, -0.15) is 5.10 Å². The predicted molar refractivity (Wildman–Crippen MR) is 73.0 cm³/mol. The first-order valence-electron chi connectivity index (χ1n) is 6.58. The van der Waals surface area contributed by atoms with E-state index in [2.05, 4.69) is 15.1 Å². The Morgan fingerprint density at radius 3 is 2.39 bits per heavy atom. The summed E-state index contributed by atoms with van der Waals surface area (Å²) in [5, 5.41) is 8.56. The Bertz CT molecular complexity index is 597. The molecule has 4 heteroatoms. The van der Waals surface area contributed by atoms with E-state index in [1.165, 1.54) is 25.7 Å². The molecule has 1 N–H and O–H groups in total. The van der Waals surface area contributed by atoms with Gasteiger partial charge in [-0.1, -0.05) is 31.0 Å². The molecule has 2 heterocycles. The van der Waals surface area contributed by atoms with Crippen LogP contribution in [-0.4, -0.2) is 23.3 Å². The van der Waals surface area contributed by atoms with E-state index in [0.29, 0.717) is 0 Å². The molecular formula is C14H17N3O. The highest BCUT2D eigenvalue weighted by atomic mass is 16.1. The molecule has 18 heavy (non-hydrogen) atoms. The summed E-state index contributed by atoms with van der Waals surface area (Å²) in [6.45, 7) is 2.06. The van der Waals surface area contributed by atoms with Crippen molar-refractivity contribution in [2.24, 2.45) is 0 Å². The second-order valence-electron chi connectivity index (χ2n) is 4.82. The molecule has 0 unspecified atom stereocenters. The van der Waals surface area contributed by atoms with Gasteiger partial charge in [0.1, 0.15) is 0 Å². The number of nitrogens with zero attached hydrogens (tertiary/aromatic N) is 2. The van der Waals surface area contributed by atoms with Crippen LogP contribution in [0.5, 0.6) is 0 Å². The van der Waals surface area contributed by atoms with E-state index in [4.69, 9.17) is 0 Å². The number of anilines is 1. The van der Waals surface area contributed by atoms with Crippen molar-refractivity contribution in [3.63, 3.8) is 0 Å². The molecular weight excluding hydrogens is 226 g/mol. The topological polar surface area (TPSA) is 49.0 Å². The fourth-order valence-electron chi connectivity index (χ4n) is 2.62. The normalized spacial score (nSPS) is 16.8. The highest BCUT2D eigenvalue weighted by molar-refractivity contribution is 5.91. The van der Waals surface area contributed by atoms with Crippen LogP contribution in [0.1, 0.15) is 25.7 Å². The van der Waals surface area contributed by atoms with Crippen molar-refractivity contribution in [1.82, 2.24) is 10.2 Å². The minimum absolute atomic E-state index is 0.107. The SMILES string of the molecule is O=c1[nH]nc(N2CCCCCC2)c2ccccc12. The van der Waals surface area contributed by atoms with Crippen LogP contribution in [0.25, 0.3) is 10.8 Å². The third-order valence-electron chi connectivity index (χ3n) is 3.58. The fraction of sp³-hybridized carbons (Fsp3) is 0.429. The highest BCUT2D eigenvalue weighted by Crippen LogP contribution is 2.23. The molecule has 1 saturated heterocycles. The van der Waals surface area contributed by atoms with Crippen molar-refractivity contribution in [2.75, 3.05) is 18.0 Å². The Kier molecular flexibility index (Phi) is 3.00. The van der Waals surface area contributed by atoms with Crippen molar-refractivity contribution in [3.05, 3.63) is 34.6 Å². The average molecular weight is 243 g/mol. The summed E-state index contributed by atoms with van der Waals surface area (Å²) in [6, 6.07) is 7.70. The quantitative estimate of drug-likeness (QED) is 0.836. The molecule has 1 aliphatic heterocycles. The van der Waals surface area contributed by atoms with Gasteiger partial charge in [0.2, 0.25) is 0 Å². The molecule has 0 amide bonds. The molecule has 4 nitrogen and oxygen atoms in total. The Balaban J connectivity index is 2.11. The minimum Gasteiger partial charge on any atom is -0.355 e. The minimum atomic E-state index is -0.107. The summed E-state index contributed by atoms with van der Waals surface area (Å²) >= 11 is 0. The molecule has 1 aromatic carbocycles. The van der Waals surface area contributed by atoms with Crippen molar-refractivity contribution < 1.29 is 0 Å². The standard InChI is InChI=1S/C14H17N3O/c18-14-12-8-4-3-7-11(12)13(15-16-14)17-9-5-1-2-6-10-17/h3-4,7-8H,1-2,5-6,9-10H2,(H,16,18). The van der Waals surface area contributed by atoms with E-state index >= 15 is 0 Å². The van der Waals surface area contributed by atoms with Gasteiger partial charge in [-0.15, -0.1) is 0 Å².